The smallest absolute Gasteiger partial charge is 0.263 e. The first-order valence-electron chi connectivity index (χ1n) is 8.30. The first-order valence-corrected chi connectivity index (χ1v) is 9.55. The molecule has 0 fully saturated rings. The number of nitrogens with one attached hydrogen (secondary N) is 1. The number of amides is 1. The van der Waals surface area contributed by atoms with E-state index in [1.165, 1.54) is 34.4 Å². The molecule has 0 saturated heterocycles. The van der Waals surface area contributed by atoms with E-state index in [-0.39, 0.29) is 22.8 Å². The van der Waals surface area contributed by atoms with Crippen LogP contribution in [0.25, 0.3) is 21.3 Å². The Morgan fingerprint density at radius 2 is 2.00 bits per heavy atom. The number of rotatable bonds is 4. The van der Waals surface area contributed by atoms with Gasteiger partial charge in [-0.2, -0.15) is 0 Å². The van der Waals surface area contributed by atoms with Crippen LogP contribution in [0.5, 0.6) is 0 Å². The zero-order valence-electron chi connectivity index (χ0n) is 14.4. The van der Waals surface area contributed by atoms with Crippen molar-refractivity contribution in [2.75, 3.05) is 5.32 Å². The van der Waals surface area contributed by atoms with Crippen LogP contribution < -0.4 is 10.9 Å². The number of hydrogen-bond donors (Lipinski definition) is 1. The number of carbonyl (C=O) groups excluding carboxylic acids is 1. The molecule has 0 saturated carbocycles. The van der Waals surface area contributed by atoms with Gasteiger partial charge in [0.1, 0.15) is 17.2 Å². The summed E-state index contributed by atoms with van der Waals surface area (Å²) >= 11 is 7.30. The number of carbonyl (C=O) groups is 1. The van der Waals surface area contributed by atoms with Gasteiger partial charge in [-0.1, -0.05) is 41.9 Å². The van der Waals surface area contributed by atoms with Gasteiger partial charge in [0.05, 0.1) is 22.4 Å². The second kappa shape index (κ2) is 7.53. The van der Waals surface area contributed by atoms with E-state index in [9.17, 15) is 14.0 Å². The lowest BCUT2D eigenvalue weighted by atomic mass is 10.1. The molecule has 8 heteroatoms. The predicted molar refractivity (Wildman–Crippen MR) is 109 cm³/mol. The van der Waals surface area contributed by atoms with Gasteiger partial charge in [-0.3, -0.25) is 14.2 Å². The van der Waals surface area contributed by atoms with Crippen LogP contribution in [0.3, 0.4) is 0 Å². The van der Waals surface area contributed by atoms with Crippen LogP contribution >= 0.6 is 22.9 Å². The molecule has 0 aliphatic carbocycles. The number of aromatic nitrogens is 2. The van der Waals surface area contributed by atoms with E-state index >= 15 is 0 Å². The first kappa shape index (κ1) is 18.3. The van der Waals surface area contributed by atoms with Crippen LogP contribution in [0.15, 0.2) is 65.0 Å². The average molecular weight is 414 g/mol. The lowest BCUT2D eigenvalue weighted by Crippen LogP contribution is -2.27. The first-order chi connectivity index (χ1) is 13.5. The Kier molecular flexibility index (Phi) is 4.93. The quantitative estimate of drug-likeness (QED) is 0.533. The van der Waals surface area contributed by atoms with Crippen molar-refractivity contribution < 1.29 is 9.18 Å². The summed E-state index contributed by atoms with van der Waals surface area (Å²) in [5, 5.41) is 5.02. The van der Waals surface area contributed by atoms with Crippen LogP contribution in [-0.4, -0.2) is 15.5 Å². The number of anilines is 1. The fourth-order valence-corrected chi connectivity index (χ4v) is 3.97. The summed E-state index contributed by atoms with van der Waals surface area (Å²) in [6.45, 7) is -0.237. The van der Waals surface area contributed by atoms with Crippen molar-refractivity contribution in [3.63, 3.8) is 0 Å². The zero-order valence-corrected chi connectivity index (χ0v) is 15.9. The molecular weight excluding hydrogens is 401 g/mol. The largest absolute Gasteiger partial charge is 0.323 e. The van der Waals surface area contributed by atoms with E-state index in [2.05, 4.69) is 10.3 Å². The van der Waals surface area contributed by atoms with Gasteiger partial charge in [-0.25, -0.2) is 9.37 Å². The lowest BCUT2D eigenvalue weighted by Gasteiger charge is -2.09. The van der Waals surface area contributed by atoms with E-state index in [4.69, 9.17) is 11.6 Å². The molecule has 2 heterocycles. The second-order valence-corrected chi connectivity index (χ2v) is 7.31. The Morgan fingerprint density at radius 3 is 2.75 bits per heavy atom. The average Bonchev–Trinajstić information content (AvgIpc) is 3.12. The molecule has 0 unspecified atom stereocenters. The summed E-state index contributed by atoms with van der Waals surface area (Å²) < 4.78 is 14.4. The van der Waals surface area contributed by atoms with Gasteiger partial charge in [0.15, 0.2) is 0 Å². The molecule has 0 bridgehead atoms. The molecule has 0 aliphatic heterocycles. The van der Waals surface area contributed by atoms with E-state index in [0.29, 0.717) is 10.2 Å². The Labute approximate surface area is 168 Å². The summed E-state index contributed by atoms with van der Waals surface area (Å²) in [6.07, 6.45) is 1.35. The summed E-state index contributed by atoms with van der Waals surface area (Å²) in [7, 11) is 0. The SMILES string of the molecule is O=C(Cn1cnc2scc(-c3ccccc3)c2c1=O)Nc1ccc(F)cc1Cl. The third-order valence-corrected chi connectivity index (χ3v) is 5.36. The summed E-state index contributed by atoms with van der Waals surface area (Å²) in [6, 6.07) is 13.2. The van der Waals surface area contributed by atoms with E-state index in [1.54, 1.807) is 0 Å². The highest BCUT2D eigenvalue weighted by atomic mass is 35.5. The predicted octanol–water partition coefficient (Wildman–Crippen LogP) is 4.56. The summed E-state index contributed by atoms with van der Waals surface area (Å²) in [5.74, 6) is -0.965. The Balaban J connectivity index is 1.65. The van der Waals surface area contributed by atoms with Crippen LogP contribution in [0.4, 0.5) is 10.1 Å². The molecule has 1 N–H and O–H groups in total. The minimum atomic E-state index is -0.500. The van der Waals surface area contributed by atoms with Gasteiger partial charge in [0.2, 0.25) is 5.91 Å². The van der Waals surface area contributed by atoms with Gasteiger partial charge >= 0.3 is 0 Å². The highest BCUT2D eigenvalue weighted by molar-refractivity contribution is 7.17. The molecule has 4 rings (SSSR count). The van der Waals surface area contributed by atoms with Gasteiger partial charge in [-0.05, 0) is 23.8 Å². The Morgan fingerprint density at radius 1 is 1.21 bits per heavy atom. The van der Waals surface area contributed by atoms with Gasteiger partial charge in [0.25, 0.3) is 5.56 Å². The molecule has 0 radical (unpaired) electrons. The van der Waals surface area contributed by atoms with Crippen molar-refractivity contribution in [1.82, 2.24) is 9.55 Å². The summed E-state index contributed by atoms with van der Waals surface area (Å²) in [5.41, 5.74) is 1.67. The molecular formula is C20H13ClFN3O2S. The molecule has 4 aromatic rings. The number of thiophene rings is 1. The normalized spacial score (nSPS) is 10.9. The number of hydrogen-bond acceptors (Lipinski definition) is 4. The summed E-state index contributed by atoms with van der Waals surface area (Å²) in [4.78, 5) is 30.2. The number of fused-ring (bicyclic) bond motifs is 1. The molecule has 2 aromatic carbocycles. The third kappa shape index (κ3) is 3.54. The molecule has 140 valence electrons. The molecule has 5 nitrogen and oxygen atoms in total. The minimum absolute atomic E-state index is 0.0819. The Bertz CT molecular complexity index is 1240. The van der Waals surface area contributed by atoms with Crippen LogP contribution in [0.1, 0.15) is 0 Å². The monoisotopic (exact) mass is 413 g/mol. The third-order valence-electron chi connectivity index (χ3n) is 4.16. The maximum absolute atomic E-state index is 13.1. The van der Waals surface area contributed by atoms with Crippen LogP contribution in [0.2, 0.25) is 5.02 Å². The molecule has 1 amide bonds. The standard InChI is InChI=1S/C20H13ClFN3O2S/c21-15-8-13(22)6-7-16(15)24-17(26)9-25-11-23-19-18(20(25)27)14(10-28-19)12-4-2-1-3-5-12/h1-8,10-11H,9H2,(H,24,26). The van der Waals surface area contributed by atoms with Gasteiger partial charge < -0.3 is 5.32 Å². The molecule has 0 spiro atoms. The van der Waals surface area contributed by atoms with Crippen molar-refractivity contribution in [2.45, 2.75) is 6.54 Å². The van der Waals surface area contributed by atoms with Crippen molar-refractivity contribution in [3.8, 4) is 11.1 Å². The number of nitrogens with zero attached hydrogens (tertiary/aromatic N) is 2. The highest BCUT2D eigenvalue weighted by Crippen LogP contribution is 2.30. The fraction of sp³-hybridized carbons (Fsp3) is 0.0500. The number of benzene rings is 2. The van der Waals surface area contributed by atoms with Gasteiger partial charge in [-0.15, -0.1) is 11.3 Å². The molecule has 28 heavy (non-hydrogen) atoms. The van der Waals surface area contributed by atoms with Crippen molar-refractivity contribution >= 4 is 44.7 Å². The van der Waals surface area contributed by atoms with Gasteiger partial charge in [0, 0.05) is 10.9 Å². The molecule has 0 atom stereocenters. The number of halogens is 2. The second-order valence-electron chi connectivity index (χ2n) is 6.05. The molecule has 0 aliphatic rings. The minimum Gasteiger partial charge on any atom is -0.323 e. The molecule has 2 aromatic heterocycles. The topological polar surface area (TPSA) is 64.0 Å². The van der Waals surface area contributed by atoms with Crippen molar-refractivity contribution in [1.29, 1.82) is 0 Å². The maximum atomic E-state index is 13.1. The Hall–Kier alpha value is -3.03. The van der Waals surface area contributed by atoms with E-state index in [0.717, 1.165) is 17.2 Å². The van der Waals surface area contributed by atoms with E-state index < -0.39 is 11.7 Å². The maximum Gasteiger partial charge on any atom is 0.263 e. The zero-order chi connectivity index (χ0) is 19.7. The van der Waals surface area contributed by atoms with Crippen LogP contribution in [-0.2, 0) is 11.3 Å². The fourth-order valence-electron chi connectivity index (χ4n) is 2.85. The van der Waals surface area contributed by atoms with Crippen LogP contribution in [0, 0.1) is 5.82 Å². The lowest BCUT2D eigenvalue weighted by molar-refractivity contribution is -0.116. The highest BCUT2D eigenvalue weighted by Gasteiger charge is 2.15. The van der Waals surface area contributed by atoms with Crippen molar-refractivity contribution in [3.05, 3.63) is 81.4 Å². The van der Waals surface area contributed by atoms with Crippen molar-refractivity contribution in [2.24, 2.45) is 0 Å². The van der Waals surface area contributed by atoms with E-state index in [1.807, 2.05) is 35.7 Å².